The standard InChI is InChI=1S/C41H27NOS/c1-41(2)32-23-26(16-17-27(32)29-18-20-38-39(40(29)41)30-11-5-8-14-37(30)44-38)42-33-12-6-4-10-28(33)31-21-25(15-19-34(31)42)36-22-24-9-3-7-13-35(24)43-36/h3-23H,1-2H3. The fourth-order valence-electron chi connectivity index (χ4n) is 7.78. The molecule has 0 N–H and O–H groups in total. The predicted octanol–water partition coefficient (Wildman–Crippen LogP) is 11.9. The summed E-state index contributed by atoms with van der Waals surface area (Å²) < 4.78 is 11.4. The first-order valence-corrected chi connectivity index (χ1v) is 16.0. The zero-order valence-electron chi connectivity index (χ0n) is 24.4. The molecule has 3 heterocycles. The Kier molecular flexibility index (Phi) is 4.70. The van der Waals surface area contributed by atoms with Gasteiger partial charge in [-0.1, -0.05) is 80.6 Å². The number of para-hydroxylation sites is 2. The summed E-state index contributed by atoms with van der Waals surface area (Å²) in [5.41, 5.74) is 11.0. The Morgan fingerprint density at radius 1 is 0.614 bits per heavy atom. The van der Waals surface area contributed by atoms with Crippen molar-refractivity contribution < 1.29 is 4.42 Å². The lowest BCUT2D eigenvalue weighted by Gasteiger charge is -2.23. The van der Waals surface area contributed by atoms with Gasteiger partial charge in [0.15, 0.2) is 0 Å². The molecule has 3 heteroatoms. The molecule has 0 amide bonds. The number of benzene rings is 6. The Morgan fingerprint density at radius 2 is 1.39 bits per heavy atom. The van der Waals surface area contributed by atoms with Crippen molar-refractivity contribution in [3.05, 3.63) is 139 Å². The molecule has 0 saturated heterocycles. The van der Waals surface area contributed by atoms with Crippen LogP contribution in [0.15, 0.2) is 132 Å². The summed E-state index contributed by atoms with van der Waals surface area (Å²) in [6.07, 6.45) is 0. The Hall–Kier alpha value is -5.12. The Morgan fingerprint density at radius 3 is 2.30 bits per heavy atom. The summed E-state index contributed by atoms with van der Waals surface area (Å²) in [5, 5.41) is 6.39. The van der Waals surface area contributed by atoms with Crippen LogP contribution in [-0.2, 0) is 5.41 Å². The van der Waals surface area contributed by atoms with Gasteiger partial charge in [-0.05, 0) is 82.9 Å². The number of hydrogen-bond acceptors (Lipinski definition) is 2. The largest absolute Gasteiger partial charge is 0.456 e. The van der Waals surface area contributed by atoms with Gasteiger partial charge in [-0.3, -0.25) is 0 Å². The molecule has 6 aromatic carbocycles. The lowest BCUT2D eigenvalue weighted by molar-refractivity contribution is 0.631. The van der Waals surface area contributed by atoms with Gasteiger partial charge in [-0.2, -0.15) is 0 Å². The van der Waals surface area contributed by atoms with E-state index < -0.39 is 0 Å². The van der Waals surface area contributed by atoms with E-state index in [2.05, 4.69) is 134 Å². The average molecular weight is 582 g/mol. The van der Waals surface area contributed by atoms with Crippen molar-refractivity contribution in [1.29, 1.82) is 0 Å². The Labute approximate surface area is 258 Å². The molecule has 3 aromatic heterocycles. The minimum Gasteiger partial charge on any atom is -0.456 e. The van der Waals surface area contributed by atoms with Gasteiger partial charge in [-0.25, -0.2) is 0 Å². The molecule has 1 aliphatic carbocycles. The third-order valence-electron chi connectivity index (χ3n) is 9.78. The van der Waals surface area contributed by atoms with E-state index in [4.69, 9.17) is 4.42 Å². The van der Waals surface area contributed by atoms with Crippen LogP contribution in [0.2, 0.25) is 0 Å². The number of rotatable bonds is 2. The van der Waals surface area contributed by atoms with Crippen LogP contribution in [0.4, 0.5) is 0 Å². The van der Waals surface area contributed by atoms with Crippen LogP contribution in [0, 0.1) is 0 Å². The summed E-state index contributed by atoms with van der Waals surface area (Å²) in [4.78, 5) is 0. The Balaban J connectivity index is 1.18. The highest BCUT2D eigenvalue weighted by Crippen LogP contribution is 2.54. The second kappa shape index (κ2) is 8.49. The molecule has 0 atom stereocenters. The number of aromatic nitrogens is 1. The maximum Gasteiger partial charge on any atom is 0.135 e. The third kappa shape index (κ3) is 3.14. The quantitative estimate of drug-likeness (QED) is 0.199. The lowest BCUT2D eigenvalue weighted by Crippen LogP contribution is -2.15. The van der Waals surface area contributed by atoms with E-state index in [1.807, 2.05) is 23.5 Å². The van der Waals surface area contributed by atoms with Crippen molar-refractivity contribution in [2.45, 2.75) is 19.3 Å². The van der Waals surface area contributed by atoms with Crippen LogP contribution < -0.4 is 0 Å². The highest BCUT2D eigenvalue weighted by molar-refractivity contribution is 7.25. The minimum absolute atomic E-state index is 0.128. The van der Waals surface area contributed by atoms with Gasteiger partial charge < -0.3 is 8.98 Å². The zero-order valence-corrected chi connectivity index (χ0v) is 25.2. The Bertz CT molecular complexity index is 2610. The molecule has 0 saturated carbocycles. The van der Waals surface area contributed by atoms with Crippen LogP contribution in [0.3, 0.4) is 0 Å². The summed E-state index contributed by atoms with van der Waals surface area (Å²) >= 11 is 1.90. The SMILES string of the molecule is CC1(C)c2cc(-n3c4ccccc4c4cc(-c5cc6ccccc6o5)ccc43)ccc2-c2ccc3sc4ccccc4c3c21. The smallest absolute Gasteiger partial charge is 0.135 e. The van der Waals surface area contributed by atoms with E-state index in [-0.39, 0.29) is 5.41 Å². The van der Waals surface area contributed by atoms with Crippen LogP contribution in [0.25, 0.3) is 81.1 Å². The van der Waals surface area contributed by atoms with Crippen molar-refractivity contribution in [2.75, 3.05) is 0 Å². The van der Waals surface area contributed by atoms with Gasteiger partial charge in [0.25, 0.3) is 0 Å². The molecule has 1 aliphatic rings. The highest BCUT2D eigenvalue weighted by atomic mass is 32.1. The van der Waals surface area contributed by atoms with E-state index in [1.54, 1.807) is 0 Å². The molecule has 0 aliphatic heterocycles. The van der Waals surface area contributed by atoms with Crippen LogP contribution in [0.1, 0.15) is 25.0 Å². The van der Waals surface area contributed by atoms with Gasteiger partial charge in [-0.15, -0.1) is 11.3 Å². The zero-order chi connectivity index (χ0) is 29.2. The highest BCUT2D eigenvalue weighted by Gasteiger charge is 2.38. The molecule has 44 heavy (non-hydrogen) atoms. The first kappa shape index (κ1) is 24.3. The maximum absolute atomic E-state index is 6.26. The molecule has 0 bridgehead atoms. The van der Waals surface area contributed by atoms with E-state index in [0.29, 0.717) is 0 Å². The van der Waals surface area contributed by atoms with Gasteiger partial charge in [0.2, 0.25) is 0 Å². The van der Waals surface area contributed by atoms with Crippen LogP contribution >= 0.6 is 11.3 Å². The fraction of sp³-hybridized carbons (Fsp3) is 0.0732. The van der Waals surface area contributed by atoms with Crippen LogP contribution in [0.5, 0.6) is 0 Å². The van der Waals surface area contributed by atoms with Crippen molar-refractivity contribution in [2.24, 2.45) is 0 Å². The minimum atomic E-state index is -0.128. The topological polar surface area (TPSA) is 18.1 Å². The number of nitrogens with zero attached hydrogens (tertiary/aromatic N) is 1. The van der Waals surface area contributed by atoms with Crippen molar-refractivity contribution in [1.82, 2.24) is 4.57 Å². The number of thiophene rings is 1. The summed E-state index contributed by atoms with van der Waals surface area (Å²) in [6, 6.07) is 46.5. The summed E-state index contributed by atoms with van der Waals surface area (Å²) in [6.45, 7) is 4.80. The fourth-order valence-corrected chi connectivity index (χ4v) is 8.89. The molecular formula is C41H27NOS. The van der Waals surface area contributed by atoms with E-state index >= 15 is 0 Å². The predicted molar refractivity (Wildman–Crippen MR) is 186 cm³/mol. The lowest BCUT2D eigenvalue weighted by atomic mass is 9.80. The molecule has 0 spiro atoms. The van der Waals surface area contributed by atoms with Gasteiger partial charge in [0.1, 0.15) is 11.3 Å². The first-order chi connectivity index (χ1) is 21.6. The van der Waals surface area contributed by atoms with Gasteiger partial charge >= 0.3 is 0 Å². The van der Waals surface area contributed by atoms with Crippen molar-refractivity contribution in [3.63, 3.8) is 0 Å². The van der Waals surface area contributed by atoms with Gasteiger partial charge in [0, 0.05) is 53.0 Å². The molecule has 0 radical (unpaired) electrons. The molecule has 2 nitrogen and oxygen atoms in total. The van der Waals surface area contributed by atoms with E-state index in [1.165, 1.54) is 69.9 Å². The second-order valence-electron chi connectivity index (χ2n) is 12.5. The molecule has 208 valence electrons. The molecule has 10 rings (SSSR count). The molecule has 0 fully saturated rings. The second-order valence-corrected chi connectivity index (χ2v) is 13.6. The molecular weight excluding hydrogens is 555 g/mol. The van der Waals surface area contributed by atoms with E-state index in [0.717, 1.165) is 22.3 Å². The van der Waals surface area contributed by atoms with Crippen molar-refractivity contribution >= 4 is 64.3 Å². The number of furan rings is 1. The average Bonchev–Trinajstić information content (AvgIpc) is 3.79. The van der Waals surface area contributed by atoms with E-state index in [9.17, 15) is 0 Å². The molecule has 9 aromatic rings. The first-order valence-electron chi connectivity index (χ1n) is 15.2. The van der Waals surface area contributed by atoms with Crippen LogP contribution in [-0.4, -0.2) is 4.57 Å². The molecule has 0 unspecified atom stereocenters. The maximum atomic E-state index is 6.26. The summed E-state index contributed by atoms with van der Waals surface area (Å²) in [7, 11) is 0. The third-order valence-corrected chi connectivity index (χ3v) is 10.9. The normalized spacial score (nSPS) is 13.9. The number of hydrogen-bond donors (Lipinski definition) is 0. The monoisotopic (exact) mass is 581 g/mol. The van der Waals surface area contributed by atoms with Crippen molar-refractivity contribution in [3.8, 4) is 28.1 Å². The number of fused-ring (bicyclic) bond motifs is 11. The van der Waals surface area contributed by atoms with Gasteiger partial charge in [0.05, 0.1) is 11.0 Å². The summed E-state index contributed by atoms with van der Waals surface area (Å²) in [5.74, 6) is 0.897.